The van der Waals surface area contributed by atoms with Crippen LogP contribution in [0.15, 0.2) is 46.9 Å². The standard InChI is InChI=1S/C18H20N2O3/c1-3-23-18(22)15-11(2)20-13-8-6-9-14(21)16(13)17(15)12-7-4-5-10-19-12/h4-5,7,10,17,20H,3,6,8-9H2,1-2H3. The normalized spacial score (nSPS) is 21.0. The van der Waals surface area contributed by atoms with Crippen molar-refractivity contribution in [1.82, 2.24) is 10.3 Å². The predicted octanol–water partition coefficient (Wildman–Crippen LogP) is 2.61. The lowest BCUT2D eigenvalue weighted by molar-refractivity contribution is -0.138. The van der Waals surface area contributed by atoms with Gasteiger partial charge in [-0.05, 0) is 38.8 Å². The molecule has 120 valence electrons. The molecular formula is C18H20N2O3. The van der Waals surface area contributed by atoms with E-state index >= 15 is 0 Å². The number of Topliss-reactive ketones (excluding diaryl/α,β-unsaturated/α-hetero) is 1. The van der Waals surface area contributed by atoms with Crippen molar-refractivity contribution >= 4 is 11.8 Å². The van der Waals surface area contributed by atoms with Crippen LogP contribution in [0.2, 0.25) is 0 Å². The minimum atomic E-state index is -0.445. The second kappa shape index (κ2) is 6.36. The van der Waals surface area contributed by atoms with E-state index in [1.54, 1.807) is 13.1 Å². The van der Waals surface area contributed by atoms with Gasteiger partial charge >= 0.3 is 5.97 Å². The number of carbonyl (C=O) groups excluding carboxylic acids is 2. The number of hydrogen-bond donors (Lipinski definition) is 1. The number of dihydropyridines is 1. The lowest BCUT2D eigenvalue weighted by Crippen LogP contribution is -2.34. The molecule has 1 aliphatic carbocycles. The van der Waals surface area contributed by atoms with Gasteiger partial charge in [0, 0.05) is 29.6 Å². The van der Waals surface area contributed by atoms with Gasteiger partial charge in [0.15, 0.2) is 5.78 Å². The maximum Gasteiger partial charge on any atom is 0.336 e. The van der Waals surface area contributed by atoms with Crippen LogP contribution < -0.4 is 5.32 Å². The highest BCUT2D eigenvalue weighted by molar-refractivity contribution is 6.03. The number of nitrogens with one attached hydrogen (secondary N) is 1. The van der Waals surface area contributed by atoms with Gasteiger partial charge in [0.05, 0.1) is 23.8 Å². The van der Waals surface area contributed by atoms with E-state index in [1.807, 2.05) is 25.1 Å². The molecule has 5 nitrogen and oxygen atoms in total. The Morgan fingerprint density at radius 2 is 2.22 bits per heavy atom. The third-order valence-electron chi connectivity index (χ3n) is 4.25. The van der Waals surface area contributed by atoms with Gasteiger partial charge in [0.1, 0.15) is 0 Å². The summed E-state index contributed by atoms with van der Waals surface area (Å²) in [5.41, 5.74) is 3.53. The molecule has 2 aliphatic rings. The molecule has 2 heterocycles. The van der Waals surface area contributed by atoms with Crippen LogP contribution >= 0.6 is 0 Å². The number of esters is 1. The van der Waals surface area contributed by atoms with Gasteiger partial charge in [-0.1, -0.05) is 6.07 Å². The van der Waals surface area contributed by atoms with Gasteiger partial charge in [0.25, 0.3) is 0 Å². The third-order valence-corrected chi connectivity index (χ3v) is 4.25. The van der Waals surface area contributed by atoms with E-state index in [-0.39, 0.29) is 5.78 Å². The minimum Gasteiger partial charge on any atom is -0.463 e. The van der Waals surface area contributed by atoms with E-state index < -0.39 is 11.9 Å². The first kappa shape index (κ1) is 15.5. The number of ether oxygens (including phenoxy) is 1. The Hall–Kier alpha value is -2.43. The Bertz CT molecular complexity index is 704. The average molecular weight is 312 g/mol. The molecule has 5 heteroatoms. The van der Waals surface area contributed by atoms with Gasteiger partial charge in [0.2, 0.25) is 0 Å². The van der Waals surface area contributed by atoms with Crippen LogP contribution in [0.4, 0.5) is 0 Å². The van der Waals surface area contributed by atoms with Gasteiger partial charge in [-0.25, -0.2) is 4.79 Å². The van der Waals surface area contributed by atoms with Crippen molar-refractivity contribution in [2.45, 2.75) is 39.0 Å². The summed E-state index contributed by atoms with van der Waals surface area (Å²) in [5.74, 6) is -0.749. The van der Waals surface area contributed by atoms with Crippen LogP contribution in [0, 0.1) is 0 Å². The van der Waals surface area contributed by atoms with Crippen LogP contribution in [-0.2, 0) is 14.3 Å². The fourth-order valence-corrected chi connectivity index (χ4v) is 3.31. The van der Waals surface area contributed by atoms with E-state index in [0.29, 0.717) is 29.9 Å². The molecule has 1 atom stereocenters. The number of hydrogen-bond acceptors (Lipinski definition) is 5. The zero-order valence-electron chi connectivity index (χ0n) is 13.4. The zero-order chi connectivity index (χ0) is 16.4. The number of rotatable bonds is 3. The molecule has 0 saturated heterocycles. The molecule has 1 aromatic heterocycles. The van der Waals surface area contributed by atoms with Gasteiger partial charge < -0.3 is 10.1 Å². The monoisotopic (exact) mass is 312 g/mol. The van der Waals surface area contributed by atoms with Crippen LogP contribution in [0.3, 0.4) is 0 Å². The molecule has 1 N–H and O–H groups in total. The number of carbonyl (C=O) groups is 2. The Morgan fingerprint density at radius 1 is 1.39 bits per heavy atom. The smallest absolute Gasteiger partial charge is 0.336 e. The van der Waals surface area contributed by atoms with E-state index in [4.69, 9.17) is 4.74 Å². The highest BCUT2D eigenvalue weighted by Gasteiger charge is 2.39. The Balaban J connectivity index is 2.15. The summed E-state index contributed by atoms with van der Waals surface area (Å²) in [5, 5.41) is 3.25. The molecule has 3 rings (SSSR count). The topological polar surface area (TPSA) is 68.3 Å². The highest BCUT2D eigenvalue weighted by atomic mass is 16.5. The molecule has 23 heavy (non-hydrogen) atoms. The summed E-state index contributed by atoms with van der Waals surface area (Å²) in [4.78, 5) is 29.4. The molecule has 0 bridgehead atoms. The maximum atomic E-state index is 12.5. The largest absolute Gasteiger partial charge is 0.463 e. The van der Waals surface area contributed by atoms with Gasteiger partial charge in [-0.15, -0.1) is 0 Å². The molecule has 0 saturated carbocycles. The number of ketones is 1. The zero-order valence-corrected chi connectivity index (χ0v) is 13.4. The molecule has 0 fully saturated rings. The fourth-order valence-electron chi connectivity index (χ4n) is 3.31. The molecule has 0 spiro atoms. The number of allylic oxidation sites excluding steroid dienone is 3. The average Bonchev–Trinajstić information content (AvgIpc) is 2.54. The first-order valence-electron chi connectivity index (χ1n) is 7.95. The van der Waals surface area contributed by atoms with E-state index in [2.05, 4.69) is 10.3 Å². The van der Waals surface area contributed by atoms with Crippen molar-refractivity contribution in [3.05, 3.63) is 52.6 Å². The lowest BCUT2D eigenvalue weighted by Gasteiger charge is -2.33. The Morgan fingerprint density at radius 3 is 2.91 bits per heavy atom. The summed E-state index contributed by atoms with van der Waals surface area (Å²) in [6.07, 6.45) is 3.85. The first-order chi connectivity index (χ1) is 11.1. The van der Waals surface area contributed by atoms with Crippen LogP contribution in [0.25, 0.3) is 0 Å². The minimum absolute atomic E-state index is 0.0868. The van der Waals surface area contributed by atoms with E-state index in [0.717, 1.165) is 24.2 Å². The van der Waals surface area contributed by atoms with Crippen molar-refractivity contribution < 1.29 is 14.3 Å². The molecule has 0 amide bonds. The summed E-state index contributed by atoms with van der Waals surface area (Å²) >= 11 is 0. The first-order valence-corrected chi connectivity index (χ1v) is 7.95. The third kappa shape index (κ3) is 2.79. The fraction of sp³-hybridized carbons (Fsp3) is 0.389. The quantitative estimate of drug-likeness (QED) is 0.869. The van der Waals surface area contributed by atoms with E-state index in [9.17, 15) is 9.59 Å². The van der Waals surface area contributed by atoms with Crippen molar-refractivity contribution in [2.24, 2.45) is 0 Å². The summed E-state index contributed by atoms with van der Waals surface area (Å²) in [6, 6.07) is 5.55. The van der Waals surface area contributed by atoms with Crippen LogP contribution in [0.5, 0.6) is 0 Å². The number of aromatic nitrogens is 1. The Kier molecular flexibility index (Phi) is 4.28. The van der Waals surface area contributed by atoms with E-state index in [1.165, 1.54) is 0 Å². The highest BCUT2D eigenvalue weighted by Crippen LogP contribution is 2.41. The lowest BCUT2D eigenvalue weighted by atomic mass is 9.77. The molecule has 1 aliphatic heterocycles. The van der Waals surface area contributed by atoms with Crippen molar-refractivity contribution in [3.63, 3.8) is 0 Å². The van der Waals surface area contributed by atoms with Gasteiger partial charge in [-0.3, -0.25) is 9.78 Å². The predicted molar refractivity (Wildman–Crippen MR) is 85.3 cm³/mol. The van der Waals surface area contributed by atoms with Crippen LogP contribution in [-0.4, -0.2) is 23.3 Å². The molecular weight excluding hydrogens is 292 g/mol. The SMILES string of the molecule is CCOC(=O)C1=C(C)NC2=C(C(=O)CCC2)C1c1ccccn1. The van der Waals surface area contributed by atoms with Gasteiger partial charge in [-0.2, -0.15) is 0 Å². The number of pyridine rings is 1. The van der Waals surface area contributed by atoms with Crippen molar-refractivity contribution in [1.29, 1.82) is 0 Å². The second-order valence-corrected chi connectivity index (χ2v) is 5.74. The molecule has 1 aromatic rings. The van der Waals surface area contributed by atoms with Crippen LogP contribution in [0.1, 0.15) is 44.7 Å². The summed E-state index contributed by atoms with van der Waals surface area (Å²) < 4.78 is 5.22. The Labute approximate surface area is 135 Å². The molecule has 1 unspecified atom stereocenters. The number of nitrogens with zero attached hydrogens (tertiary/aromatic N) is 1. The van der Waals surface area contributed by atoms with Crippen molar-refractivity contribution in [3.8, 4) is 0 Å². The second-order valence-electron chi connectivity index (χ2n) is 5.74. The van der Waals surface area contributed by atoms with Crippen molar-refractivity contribution in [2.75, 3.05) is 6.61 Å². The molecule has 0 radical (unpaired) electrons. The summed E-state index contributed by atoms with van der Waals surface area (Å²) in [7, 11) is 0. The molecule has 0 aromatic carbocycles. The summed E-state index contributed by atoms with van der Waals surface area (Å²) in [6.45, 7) is 3.92. The maximum absolute atomic E-state index is 12.5.